The molecular weight excluding hydrogens is 296 g/mol. The van der Waals surface area contributed by atoms with Gasteiger partial charge >= 0.3 is 0 Å². The van der Waals surface area contributed by atoms with Crippen molar-refractivity contribution in [2.45, 2.75) is 0 Å². The summed E-state index contributed by atoms with van der Waals surface area (Å²) in [6.45, 7) is 0. The highest BCUT2D eigenvalue weighted by atomic mass is 32.2. The first-order valence-corrected chi connectivity index (χ1v) is 6.85. The molecular formula is C13H8N2O3S2. The van der Waals surface area contributed by atoms with Gasteiger partial charge in [-0.15, -0.1) is 0 Å². The molecule has 2 aromatic heterocycles. The second-order valence-corrected chi connectivity index (χ2v) is 5.44. The van der Waals surface area contributed by atoms with Crippen LogP contribution in [0.5, 0.6) is 0 Å². The van der Waals surface area contributed by atoms with Crippen LogP contribution in [-0.4, -0.2) is 21.5 Å². The number of hydrogen-bond acceptors (Lipinski definition) is 6. The first kappa shape index (κ1) is 12.9. The van der Waals surface area contributed by atoms with Gasteiger partial charge in [0.15, 0.2) is 4.32 Å². The molecule has 0 unspecified atom stereocenters. The average Bonchev–Trinajstić information content (AvgIpc) is 3.13. The monoisotopic (exact) mass is 304 g/mol. The third-order valence-corrected chi connectivity index (χ3v) is 3.72. The van der Waals surface area contributed by atoms with E-state index in [2.05, 4.69) is 5.10 Å². The minimum atomic E-state index is -0.279. The van der Waals surface area contributed by atoms with Crippen molar-refractivity contribution in [3.63, 3.8) is 0 Å². The summed E-state index contributed by atoms with van der Waals surface area (Å²) in [5.74, 6) is 0.869. The highest BCUT2D eigenvalue weighted by molar-refractivity contribution is 8.26. The van der Waals surface area contributed by atoms with Gasteiger partial charge in [0.05, 0.1) is 23.6 Å². The number of rotatable bonds is 3. The Hall–Kier alpha value is -2.12. The van der Waals surface area contributed by atoms with E-state index in [1.54, 1.807) is 36.6 Å². The molecule has 100 valence electrons. The topological polar surface area (TPSA) is 59.0 Å². The Morgan fingerprint density at radius 2 is 1.90 bits per heavy atom. The van der Waals surface area contributed by atoms with Crippen LogP contribution in [0.25, 0.3) is 6.08 Å². The molecule has 0 spiro atoms. The standard InChI is InChI=1S/C13H8N2O3S2/c16-12-11(7-9-3-1-5-17-9)20-13(19)15(12)14-8-10-4-2-6-18-10/h1-8H. The number of amides is 1. The van der Waals surface area contributed by atoms with E-state index in [4.69, 9.17) is 21.1 Å². The van der Waals surface area contributed by atoms with E-state index in [0.29, 0.717) is 20.7 Å². The zero-order valence-electron chi connectivity index (χ0n) is 10.1. The predicted octanol–water partition coefficient (Wildman–Crippen LogP) is 3.11. The molecule has 3 heterocycles. The fraction of sp³-hybridized carbons (Fsp3) is 0. The SMILES string of the molecule is O=C1C(=Cc2ccco2)SC(=S)N1N=Cc1ccco1. The van der Waals surface area contributed by atoms with Crippen molar-refractivity contribution in [3.05, 3.63) is 53.2 Å². The molecule has 20 heavy (non-hydrogen) atoms. The van der Waals surface area contributed by atoms with Gasteiger partial charge in [0, 0.05) is 6.08 Å². The fourth-order valence-electron chi connectivity index (χ4n) is 1.54. The number of hydrazone groups is 1. The molecule has 5 nitrogen and oxygen atoms in total. The van der Waals surface area contributed by atoms with Crippen LogP contribution < -0.4 is 0 Å². The molecule has 0 aliphatic carbocycles. The van der Waals surface area contributed by atoms with Crippen LogP contribution in [0.15, 0.2) is 55.6 Å². The number of carbonyl (C=O) groups excluding carboxylic acids is 1. The summed E-state index contributed by atoms with van der Waals surface area (Å²) in [5, 5.41) is 5.20. The van der Waals surface area contributed by atoms with Crippen LogP contribution >= 0.6 is 24.0 Å². The smallest absolute Gasteiger partial charge is 0.286 e. The first-order chi connectivity index (χ1) is 9.74. The quantitative estimate of drug-likeness (QED) is 0.495. The van der Waals surface area contributed by atoms with Gasteiger partial charge in [-0.25, -0.2) is 0 Å². The summed E-state index contributed by atoms with van der Waals surface area (Å²) in [7, 11) is 0. The Morgan fingerprint density at radius 1 is 1.20 bits per heavy atom. The second kappa shape index (κ2) is 5.48. The van der Waals surface area contributed by atoms with E-state index in [1.165, 1.54) is 24.2 Å². The number of hydrogen-bond donors (Lipinski definition) is 0. The third-order valence-electron chi connectivity index (χ3n) is 2.43. The summed E-state index contributed by atoms with van der Waals surface area (Å²) in [5.41, 5.74) is 0. The normalized spacial score (nSPS) is 17.8. The lowest BCUT2D eigenvalue weighted by Crippen LogP contribution is -2.22. The molecule has 7 heteroatoms. The Labute approximate surface area is 123 Å². The summed E-state index contributed by atoms with van der Waals surface area (Å²) in [6, 6.07) is 6.99. The van der Waals surface area contributed by atoms with Crippen LogP contribution in [0.3, 0.4) is 0 Å². The lowest BCUT2D eigenvalue weighted by Gasteiger charge is -2.04. The highest BCUT2D eigenvalue weighted by Crippen LogP contribution is 2.32. The van der Waals surface area contributed by atoms with Crippen molar-refractivity contribution in [3.8, 4) is 0 Å². The molecule has 0 aromatic carbocycles. The van der Waals surface area contributed by atoms with Crippen molar-refractivity contribution in [2.24, 2.45) is 5.10 Å². The van der Waals surface area contributed by atoms with Crippen LogP contribution in [0.1, 0.15) is 11.5 Å². The lowest BCUT2D eigenvalue weighted by atomic mass is 10.4. The number of thioether (sulfide) groups is 1. The van der Waals surface area contributed by atoms with Crippen LogP contribution in [-0.2, 0) is 4.79 Å². The Bertz CT molecular complexity index is 687. The predicted molar refractivity (Wildman–Crippen MR) is 80.0 cm³/mol. The highest BCUT2D eigenvalue weighted by Gasteiger charge is 2.32. The molecule has 3 rings (SSSR count). The summed E-state index contributed by atoms with van der Waals surface area (Å²) >= 11 is 6.32. The summed E-state index contributed by atoms with van der Waals surface area (Å²) < 4.78 is 10.7. The number of furan rings is 2. The van der Waals surface area contributed by atoms with Gasteiger partial charge < -0.3 is 8.83 Å². The van der Waals surface area contributed by atoms with Crippen molar-refractivity contribution >= 4 is 46.5 Å². The number of nitrogens with zero attached hydrogens (tertiary/aromatic N) is 2. The Kier molecular flexibility index (Phi) is 3.53. The van der Waals surface area contributed by atoms with Crippen LogP contribution in [0.2, 0.25) is 0 Å². The van der Waals surface area contributed by atoms with E-state index in [-0.39, 0.29) is 5.91 Å². The number of thiocarbonyl (C=S) groups is 1. The second-order valence-electron chi connectivity index (χ2n) is 3.77. The molecule has 0 saturated carbocycles. The van der Waals surface area contributed by atoms with Crippen molar-refractivity contribution in [2.75, 3.05) is 0 Å². The van der Waals surface area contributed by atoms with Gasteiger partial charge in [-0.3, -0.25) is 4.79 Å². The van der Waals surface area contributed by atoms with Crippen molar-refractivity contribution in [1.29, 1.82) is 0 Å². The van der Waals surface area contributed by atoms with Crippen molar-refractivity contribution in [1.82, 2.24) is 5.01 Å². The third kappa shape index (κ3) is 2.59. The Morgan fingerprint density at radius 3 is 2.55 bits per heavy atom. The average molecular weight is 304 g/mol. The van der Waals surface area contributed by atoms with E-state index < -0.39 is 0 Å². The molecule has 0 N–H and O–H groups in total. The Balaban J connectivity index is 1.80. The minimum Gasteiger partial charge on any atom is -0.465 e. The minimum absolute atomic E-state index is 0.279. The van der Waals surface area contributed by atoms with Gasteiger partial charge in [0.2, 0.25) is 0 Å². The molecule has 0 radical (unpaired) electrons. The van der Waals surface area contributed by atoms with Gasteiger partial charge in [0.25, 0.3) is 5.91 Å². The largest absolute Gasteiger partial charge is 0.465 e. The van der Waals surface area contributed by atoms with Gasteiger partial charge in [-0.2, -0.15) is 10.1 Å². The maximum atomic E-state index is 12.2. The zero-order valence-corrected chi connectivity index (χ0v) is 11.7. The van der Waals surface area contributed by atoms with E-state index in [1.807, 2.05) is 0 Å². The van der Waals surface area contributed by atoms with Crippen LogP contribution in [0, 0.1) is 0 Å². The molecule has 1 aliphatic rings. The molecule has 0 bridgehead atoms. The van der Waals surface area contributed by atoms with Crippen LogP contribution in [0.4, 0.5) is 0 Å². The molecule has 1 aliphatic heterocycles. The zero-order chi connectivity index (χ0) is 13.9. The van der Waals surface area contributed by atoms with Crippen molar-refractivity contribution < 1.29 is 13.6 Å². The lowest BCUT2D eigenvalue weighted by molar-refractivity contribution is -0.122. The van der Waals surface area contributed by atoms with E-state index in [9.17, 15) is 4.79 Å². The molecule has 2 aromatic rings. The number of carbonyl (C=O) groups is 1. The molecule has 0 atom stereocenters. The maximum Gasteiger partial charge on any atom is 0.286 e. The van der Waals surface area contributed by atoms with E-state index >= 15 is 0 Å². The fourth-order valence-corrected chi connectivity index (χ4v) is 2.69. The first-order valence-electron chi connectivity index (χ1n) is 5.63. The molecule has 1 amide bonds. The molecule has 1 fully saturated rings. The molecule has 1 saturated heterocycles. The van der Waals surface area contributed by atoms with Gasteiger partial charge in [-0.05, 0) is 36.5 Å². The maximum absolute atomic E-state index is 12.2. The van der Waals surface area contributed by atoms with Gasteiger partial charge in [0.1, 0.15) is 11.5 Å². The summed E-state index contributed by atoms with van der Waals surface area (Å²) in [6.07, 6.45) is 6.16. The van der Waals surface area contributed by atoms with Gasteiger partial charge in [-0.1, -0.05) is 11.8 Å². The summed E-state index contributed by atoms with van der Waals surface area (Å²) in [4.78, 5) is 12.6. The van der Waals surface area contributed by atoms with E-state index in [0.717, 1.165) is 5.01 Å².